The molecule has 22 heavy (non-hydrogen) atoms. The highest BCUT2D eigenvalue weighted by Gasteiger charge is 2.61. The quantitative estimate of drug-likeness (QED) is 0.839. The van der Waals surface area contributed by atoms with Crippen molar-refractivity contribution in [2.75, 3.05) is 0 Å². The summed E-state index contributed by atoms with van der Waals surface area (Å²) in [4.78, 5) is 14.8. The maximum atomic E-state index is 13.6. The predicted octanol–water partition coefficient (Wildman–Crippen LogP) is 3.57. The van der Waals surface area contributed by atoms with Gasteiger partial charge in [0.05, 0.1) is 6.04 Å². The van der Waals surface area contributed by atoms with Crippen LogP contribution in [0, 0.1) is 11.6 Å². The lowest BCUT2D eigenvalue weighted by Crippen LogP contribution is -2.44. The van der Waals surface area contributed by atoms with Gasteiger partial charge in [-0.2, -0.15) is 18.2 Å². The molecule has 1 unspecified atom stereocenters. The summed E-state index contributed by atoms with van der Waals surface area (Å²) in [5.41, 5.74) is -0.334. The van der Waals surface area contributed by atoms with E-state index in [1.807, 2.05) is 0 Å². The van der Waals surface area contributed by atoms with Crippen molar-refractivity contribution in [2.45, 2.75) is 30.8 Å². The van der Waals surface area contributed by atoms with E-state index in [0.717, 1.165) is 12.1 Å². The molecule has 120 valence electrons. The molecule has 2 atom stereocenters. The van der Waals surface area contributed by atoms with Crippen LogP contribution in [0.4, 0.5) is 22.0 Å². The Hall–Kier alpha value is -1.64. The van der Waals surface area contributed by atoms with E-state index in [0.29, 0.717) is 6.92 Å². The number of amidine groups is 1. The predicted molar refractivity (Wildman–Crippen MR) is 72.4 cm³/mol. The zero-order valence-electron chi connectivity index (χ0n) is 11.5. The average molecular weight is 338 g/mol. The fourth-order valence-corrected chi connectivity index (χ4v) is 2.88. The molecule has 1 aliphatic heterocycles. The molecule has 1 heterocycles. The molecule has 1 aromatic rings. The van der Waals surface area contributed by atoms with E-state index in [1.165, 1.54) is 13.0 Å². The minimum atomic E-state index is -4.78. The third kappa shape index (κ3) is 2.81. The molecule has 0 saturated heterocycles. The molecule has 0 radical (unpaired) electrons. The van der Waals surface area contributed by atoms with E-state index in [-0.39, 0.29) is 22.5 Å². The number of nitrogens with zero attached hydrogens (tertiary/aromatic N) is 1. The number of aliphatic imine (C=N–C) groups is 1. The van der Waals surface area contributed by atoms with Crippen molar-refractivity contribution >= 4 is 22.8 Å². The van der Waals surface area contributed by atoms with Gasteiger partial charge in [-0.15, -0.1) is 0 Å². The van der Waals surface area contributed by atoms with Crippen LogP contribution in [0.5, 0.6) is 0 Å². The maximum Gasteiger partial charge on any atom is 0.412 e. The van der Waals surface area contributed by atoms with Gasteiger partial charge >= 0.3 is 6.18 Å². The van der Waals surface area contributed by atoms with E-state index < -0.39 is 34.5 Å². The minimum Gasteiger partial charge on any atom is -0.358 e. The number of alkyl halides is 3. The van der Waals surface area contributed by atoms with Gasteiger partial charge in [-0.25, -0.2) is 8.78 Å². The Morgan fingerprint density at radius 3 is 2.27 bits per heavy atom. The molecule has 3 nitrogen and oxygen atoms in total. The molecule has 0 spiro atoms. The van der Waals surface area contributed by atoms with Crippen LogP contribution in [0.1, 0.15) is 25.5 Å². The number of halogens is 5. The second-order valence-corrected chi connectivity index (χ2v) is 6.26. The molecule has 0 saturated carbocycles. The van der Waals surface area contributed by atoms with Gasteiger partial charge in [-0.3, -0.25) is 4.79 Å². The van der Waals surface area contributed by atoms with Crippen molar-refractivity contribution in [3.63, 3.8) is 0 Å². The number of hydrogen-bond acceptors (Lipinski definition) is 3. The molecule has 1 aliphatic rings. The molecule has 1 amide bonds. The fourth-order valence-electron chi connectivity index (χ4n) is 1.88. The Morgan fingerprint density at radius 2 is 1.82 bits per heavy atom. The normalized spacial score (nSPS) is 23.4. The van der Waals surface area contributed by atoms with Gasteiger partial charge in [0.25, 0.3) is 5.91 Å². The van der Waals surface area contributed by atoms with Crippen LogP contribution in [0.3, 0.4) is 0 Å². The van der Waals surface area contributed by atoms with E-state index in [1.54, 1.807) is 0 Å². The van der Waals surface area contributed by atoms with Gasteiger partial charge < -0.3 is 5.32 Å². The Balaban J connectivity index is 2.20. The summed E-state index contributed by atoms with van der Waals surface area (Å²) in [6.07, 6.45) is -4.78. The summed E-state index contributed by atoms with van der Waals surface area (Å²) >= 11 is 0.182. The monoisotopic (exact) mass is 338 g/mol. The SMILES string of the molecule is C[C@H](NC1=NC(=O)C(C)(C(F)(F)F)S1)c1c(F)cccc1F. The summed E-state index contributed by atoms with van der Waals surface area (Å²) in [5.74, 6) is -3.03. The molecule has 0 aromatic heterocycles. The van der Waals surface area contributed by atoms with Gasteiger partial charge in [-0.05, 0) is 26.0 Å². The lowest BCUT2D eigenvalue weighted by atomic mass is 10.1. The van der Waals surface area contributed by atoms with Gasteiger partial charge in [0.15, 0.2) is 9.91 Å². The van der Waals surface area contributed by atoms with Crippen molar-refractivity contribution in [2.24, 2.45) is 4.99 Å². The highest BCUT2D eigenvalue weighted by molar-refractivity contribution is 8.16. The Bertz CT molecular complexity index is 626. The van der Waals surface area contributed by atoms with Crippen LogP contribution in [0.2, 0.25) is 0 Å². The largest absolute Gasteiger partial charge is 0.412 e. The lowest BCUT2D eigenvalue weighted by Gasteiger charge is -2.23. The maximum absolute atomic E-state index is 13.6. The van der Waals surface area contributed by atoms with Gasteiger partial charge in [0.1, 0.15) is 11.6 Å². The van der Waals surface area contributed by atoms with Gasteiger partial charge in [0, 0.05) is 5.56 Å². The second-order valence-electron chi connectivity index (χ2n) is 4.86. The molecule has 0 aliphatic carbocycles. The Morgan fingerprint density at radius 1 is 1.27 bits per heavy atom. The standard InChI is InChI=1S/C13H11F5N2OS/c1-6(9-7(14)4-3-5-8(9)15)19-11-20-10(21)12(2,22-11)13(16,17)18/h3-6H,1-2H3,(H,19,20,21)/t6-,12?/m0/s1. The lowest BCUT2D eigenvalue weighted by molar-refractivity contribution is -0.165. The Kier molecular flexibility index (Phi) is 4.20. The number of benzene rings is 1. The van der Waals surface area contributed by atoms with E-state index >= 15 is 0 Å². The topological polar surface area (TPSA) is 41.5 Å². The van der Waals surface area contributed by atoms with Crippen LogP contribution in [-0.4, -0.2) is 22.0 Å². The first-order valence-corrected chi connectivity index (χ1v) is 6.97. The molecule has 1 aromatic carbocycles. The summed E-state index contributed by atoms with van der Waals surface area (Å²) < 4.78 is 63.2. The minimum absolute atomic E-state index is 0.182. The van der Waals surface area contributed by atoms with Gasteiger partial charge in [0.2, 0.25) is 0 Å². The zero-order chi connectivity index (χ0) is 16.7. The number of amides is 1. The van der Waals surface area contributed by atoms with Crippen LogP contribution >= 0.6 is 11.8 Å². The highest BCUT2D eigenvalue weighted by Crippen LogP contribution is 2.46. The smallest absolute Gasteiger partial charge is 0.358 e. The number of carbonyl (C=O) groups excluding carboxylic acids is 1. The molecule has 2 rings (SSSR count). The number of carbonyl (C=O) groups is 1. The van der Waals surface area contributed by atoms with Crippen LogP contribution in [-0.2, 0) is 4.79 Å². The summed E-state index contributed by atoms with van der Waals surface area (Å²) in [6.45, 7) is 2.07. The summed E-state index contributed by atoms with van der Waals surface area (Å²) in [7, 11) is 0. The van der Waals surface area contributed by atoms with Crippen molar-refractivity contribution < 1.29 is 26.7 Å². The average Bonchev–Trinajstić information content (AvgIpc) is 2.64. The molecule has 0 fully saturated rings. The van der Waals surface area contributed by atoms with Crippen LogP contribution < -0.4 is 5.32 Å². The van der Waals surface area contributed by atoms with Crippen molar-refractivity contribution in [3.8, 4) is 0 Å². The molecule has 9 heteroatoms. The molecular formula is C13H11F5N2OS. The van der Waals surface area contributed by atoms with Crippen LogP contribution in [0.25, 0.3) is 0 Å². The molecular weight excluding hydrogens is 327 g/mol. The molecule has 0 bridgehead atoms. The van der Waals surface area contributed by atoms with E-state index in [2.05, 4.69) is 10.3 Å². The third-order valence-corrected chi connectivity index (χ3v) is 4.44. The fraction of sp³-hybridized carbons (Fsp3) is 0.385. The van der Waals surface area contributed by atoms with Crippen LogP contribution in [0.15, 0.2) is 23.2 Å². The third-order valence-electron chi connectivity index (χ3n) is 3.23. The zero-order valence-corrected chi connectivity index (χ0v) is 12.3. The van der Waals surface area contributed by atoms with E-state index in [9.17, 15) is 26.7 Å². The van der Waals surface area contributed by atoms with E-state index in [4.69, 9.17) is 0 Å². The number of nitrogens with one attached hydrogen (secondary N) is 1. The van der Waals surface area contributed by atoms with Crippen molar-refractivity contribution in [1.82, 2.24) is 5.32 Å². The Labute approximate surface area is 127 Å². The second kappa shape index (κ2) is 5.53. The first-order chi connectivity index (χ1) is 10.1. The first kappa shape index (κ1) is 16.7. The first-order valence-electron chi connectivity index (χ1n) is 6.15. The molecule has 1 N–H and O–H groups in total. The summed E-state index contributed by atoms with van der Waals surface area (Å²) in [5, 5.41) is 2.13. The highest BCUT2D eigenvalue weighted by atomic mass is 32.2. The summed E-state index contributed by atoms with van der Waals surface area (Å²) in [6, 6.07) is 2.25. The number of rotatable bonds is 2. The van der Waals surface area contributed by atoms with Gasteiger partial charge in [-0.1, -0.05) is 17.8 Å². The number of hydrogen-bond donors (Lipinski definition) is 1. The number of thioether (sulfide) groups is 1. The van der Waals surface area contributed by atoms with Crippen molar-refractivity contribution in [3.05, 3.63) is 35.4 Å². The van der Waals surface area contributed by atoms with Crippen molar-refractivity contribution in [1.29, 1.82) is 0 Å².